The van der Waals surface area contributed by atoms with Gasteiger partial charge in [0.25, 0.3) is 0 Å². The van der Waals surface area contributed by atoms with Crippen LogP contribution in [0.2, 0.25) is 5.02 Å². The number of nitrogens with one attached hydrogen (secondary N) is 1. The van der Waals surface area contributed by atoms with E-state index in [1.807, 2.05) is 12.1 Å². The second-order valence-corrected chi connectivity index (χ2v) is 5.61. The van der Waals surface area contributed by atoms with Crippen LogP contribution in [-0.4, -0.2) is 6.04 Å². The van der Waals surface area contributed by atoms with Gasteiger partial charge in [-0.05, 0) is 35.6 Å². The Hall–Kier alpha value is -1.42. The van der Waals surface area contributed by atoms with Gasteiger partial charge < -0.3 is 0 Å². The lowest BCUT2D eigenvalue weighted by Crippen LogP contribution is -2.45. The normalized spacial score (nSPS) is 18.2. The quantitative estimate of drug-likeness (QED) is 0.670. The molecule has 4 heteroatoms. The lowest BCUT2D eigenvalue weighted by molar-refractivity contribution is 0.399. The zero-order valence-corrected chi connectivity index (χ0v) is 11.7. The molecule has 0 spiro atoms. The molecule has 0 saturated carbocycles. The summed E-state index contributed by atoms with van der Waals surface area (Å²) in [4.78, 5) is 0. The van der Waals surface area contributed by atoms with Crippen LogP contribution in [-0.2, 0) is 12.8 Å². The molecule has 0 radical (unpaired) electrons. The standard InChI is InChI=1S/C16H16ClFN2/c17-14-7-3-5-11(16(14)18)9-15(20-19)13-8-10-4-1-2-6-12(10)13/h1-7,13,15,20H,8-9,19H2. The maximum absolute atomic E-state index is 14.0. The molecule has 0 saturated heterocycles. The van der Waals surface area contributed by atoms with Gasteiger partial charge in [0.05, 0.1) is 5.02 Å². The van der Waals surface area contributed by atoms with E-state index < -0.39 is 0 Å². The highest BCUT2D eigenvalue weighted by Crippen LogP contribution is 2.38. The summed E-state index contributed by atoms with van der Waals surface area (Å²) in [7, 11) is 0. The molecular weight excluding hydrogens is 275 g/mol. The van der Waals surface area contributed by atoms with E-state index >= 15 is 0 Å². The van der Waals surface area contributed by atoms with Gasteiger partial charge in [0.1, 0.15) is 5.82 Å². The third-order valence-electron chi connectivity index (χ3n) is 4.07. The van der Waals surface area contributed by atoms with Crippen molar-refractivity contribution in [3.63, 3.8) is 0 Å². The van der Waals surface area contributed by atoms with Crippen LogP contribution < -0.4 is 11.3 Å². The van der Waals surface area contributed by atoms with E-state index in [4.69, 9.17) is 17.4 Å². The fourth-order valence-corrected chi connectivity index (χ4v) is 3.11. The molecule has 3 rings (SSSR count). The molecule has 2 nitrogen and oxygen atoms in total. The monoisotopic (exact) mass is 290 g/mol. The molecule has 0 aliphatic heterocycles. The molecule has 0 heterocycles. The minimum Gasteiger partial charge on any atom is -0.271 e. The van der Waals surface area contributed by atoms with Gasteiger partial charge in [0.2, 0.25) is 0 Å². The van der Waals surface area contributed by atoms with Crippen molar-refractivity contribution in [3.8, 4) is 0 Å². The van der Waals surface area contributed by atoms with Gasteiger partial charge in [-0.15, -0.1) is 0 Å². The molecule has 2 atom stereocenters. The molecule has 0 fully saturated rings. The summed E-state index contributed by atoms with van der Waals surface area (Å²) < 4.78 is 14.0. The number of halogens is 2. The largest absolute Gasteiger partial charge is 0.271 e. The number of rotatable bonds is 4. The van der Waals surface area contributed by atoms with E-state index in [9.17, 15) is 4.39 Å². The van der Waals surface area contributed by atoms with Crippen LogP contribution in [0.25, 0.3) is 0 Å². The Morgan fingerprint density at radius 3 is 2.80 bits per heavy atom. The van der Waals surface area contributed by atoms with E-state index in [1.165, 1.54) is 11.1 Å². The minimum atomic E-state index is -0.345. The first-order valence-electron chi connectivity index (χ1n) is 6.67. The van der Waals surface area contributed by atoms with E-state index in [2.05, 4.69) is 17.6 Å². The molecular formula is C16H16ClFN2. The molecule has 2 aromatic rings. The van der Waals surface area contributed by atoms with Gasteiger partial charge in [-0.1, -0.05) is 48.0 Å². The number of hydrazine groups is 1. The van der Waals surface area contributed by atoms with Crippen molar-refractivity contribution in [1.29, 1.82) is 0 Å². The van der Waals surface area contributed by atoms with E-state index in [-0.39, 0.29) is 16.9 Å². The first-order valence-corrected chi connectivity index (χ1v) is 7.05. The smallest absolute Gasteiger partial charge is 0.145 e. The third kappa shape index (κ3) is 2.33. The van der Waals surface area contributed by atoms with Crippen molar-refractivity contribution in [2.24, 2.45) is 5.84 Å². The fourth-order valence-electron chi connectivity index (χ4n) is 2.92. The second-order valence-electron chi connectivity index (χ2n) is 5.20. The van der Waals surface area contributed by atoms with Gasteiger partial charge in [0.15, 0.2) is 0 Å². The summed E-state index contributed by atoms with van der Waals surface area (Å²) in [6.45, 7) is 0. The summed E-state index contributed by atoms with van der Waals surface area (Å²) in [5, 5.41) is 0.160. The average Bonchev–Trinajstić information content (AvgIpc) is 2.43. The van der Waals surface area contributed by atoms with E-state index in [1.54, 1.807) is 18.2 Å². The number of nitrogens with two attached hydrogens (primary N) is 1. The summed E-state index contributed by atoms with van der Waals surface area (Å²) in [6.07, 6.45) is 1.51. The van der Waals surface area contributed by atoms with Gasteiger partial charge in [0, 0.05) is 12.0 Å². The van der Waals surface area contributed by atoms with Crippen molar-refractivity contribution >= 4 is 11.6 Å². The zero-order chi connectivity index (χ0) is 14.1. The Balaban J connectivity index is 1.81. The highest BCUT2D eigenvalue weighted by atomic mass is 35.5. The summed E-state index contributed by atoms with van der Waals surface area (Å²) in [6, 6.07) is 13.4. The predicted molar refractivity (Wildman–Crippen MR) is 79.1 cm³/mol. The number of fused-ring (bicyclic) bond motifs is 1. The lowest BCUT2D eigenvalue weighted by Gasteiger charge is -2.36. The van der Waals surface area contributed by atoms with Crippen molar-refractivity contribution in [1.82, 2.24) is 5.43 Å². The molecule has 1 aliphatic rings. The SMILES string of the molecule is NNC(Cc1cccc(Cl)c1F)C1Cc2ccccc21. The van der Waals surface area contributed by atoms with Crippen LogP contribution >= 0.6 is 11.6 Å². The number of hydrogen-bond donors (Lipinski definition) is 2. The molecule has 104 valence electrons. The van der Waals surface area contributed by atoms with Gasteiger partial charge >= 0.3 is 0 Å². The first-order chi connectivity index (χ1) is 9.70. The van der Waals surface area contributed by atoms with Gasteiger partial charge in [-0.2, -0.15) is 0 Å². The van der Waals surface area contributed by atoms with Crippen molar-refractivity contribution in [2.75, 3.05) is 0 Å². The van der Waals surface area contributed by atoms with E-state index in [0.717, 1.165) is 6.42 Å². The molecule has 20 heavy (non-hydrogen) atoms. The van der Waals surface area contributed by atoms with Crippen LogP contribution in [0.1, 0.15) is 22.6 Å². The van der Waals surface area contributed by atoms with Crippen molar-refractivity contribution in [2.45, 2.75) is 24.8 Å². The van der Waals surface area contributed by atoms with Crippen molar-refractivity contribution in [3.05, 3.63) is 70.0 Å². The maximum Gasteiger partial charge on any atom is 0.145 e. The lowest BCUT2D eigenvalue weighted by atomic mass is 9.72. The van der Waals surface area contributed by atoms with Crippen LogP contribution in [0.5, 0.6) is 0 Å². The molecule has 2 aromatic carbocycles. The number of benzene rings is 2. The van der Waals surface area contributed by atoms with Crippen molar-refractivity contribution < 1.29 is 4.39 Å². The van der Waals surface area contributed by atoms with Crippen LogP contribution in [0.4, 0.5) is 4.39 Å². The van der Waals surface area contributed by atoms with Crippen LogP contribution in [0.3, 0.4) is 0 Å². The Morgan fingerprint density at radius 2 is 2.05 bits per heavy atom. The number of hydrogen-bond acceptors (Lipinski definition) is 2. The van der Waals surface area contributed by atoms with Gasteiger partial charge in [-0.25, -0.2) is 4.39 Å². The summed E-state index contributed by atoms with van der Waals surface area (Å²) >= 11 is 5.82. The van der Waals surface area contributed by atoms with Crippen LogP contribution in [0, 0.1) is 5.82 Å². The Labute approximate surface area is 122 Å². The fraction of sp³-hybridized carbons (Fsp3) is 0.250. The average molecular weight is 291 g/mol. The molecule has 2 unspecified atom stereocenters. The summed E-state index contributed by atoms with van der Waals surface area (Å²) in [5.41, 5.74) is 6.09. The Kier molecular flexibility index (Phi) is 3.74. The highest BCUT2D eigenvalue weighted by Gasteiger charge is 2.32. The molecule has 0 aromatic heterocycles. The van der Waals surface area contributed by atoms with Crippen LogP contribution in [0.15, 0.2) is 42.5 Å². The van der Waals surface area contributed by atoms with Gasteiger partial charge in [-0.3, -0.25) is 11.3 Å². The molecule has 1 aliphatic carbocycles. The second kappa shape index (κ2) is 5.52. The summed E-state index contributed by atoms with van der Waals surface area (Å²) in [5.74, 6) is 5.65. The third-order valence-corrected chi connectivity index (χ3v) is 4.36. The Bertz CT molecular complexity index is 630. The zero-order valence-electron chi connectivity index (χ0n) is 10.9. The maximum atomic E-state index is 14.0. The molecule has 3 N–H and O–H groups in total. The Morgan fingerprint density at radius 1 is 1.25 bits per heavy atom. The topological polar surface area (TPSA) is 38.0 Å². The molecule has 0 amide bonds. The predicted octanol–water partition coefficient (Wildman–Crippen LogP) is 3.19. The highest BCUT2D eigenvalue weighted by molar-refractivity contribution is 6.30. The minimum absolute atomic E-state index is 0.0119. The van der Waals surface area contributed by atoms with E-state index in [0.29, 0.717) is 17.9 Å². The first kappa shape index (κ1) is 13.6. The molecule has 0 bridgehead atoms.